The average molecular weight is 260 g/mol. The summed E-state index contributed by atoms with van der Waals surface area (Å²) in [5, 5.41) is 9.08. The summed E-state index contributed by atoms with van der Waals surface area (Å²) in [7, 11) is -3.86. The predicted octanol–water partition coefficient (Wildman–Crippen LogP) is 2.48. The molecule has 1 rings (SSSR count). The monoisotopic (exact) mass is 260 g/mol. The molecule has 0 aliphatic carbocycles. The molecule has 0 aliphatic rings. The van der Waals surface area contributed by atoms with E-state index >= 15 is 0 Å². The number of phosphoric acid groups is 1. The zero-order valence-electron chi connectivity index (χ0n) is 9.70. The van der Waals surface area contributed by atoms with E-state index in [2.05, 4.69) is 4.52 Å². The molecule has 0 aliphatic heterocycles. The van der Waals surface area contributed by atoms with Crippen molar-refractivity contribution < 1.29 is 23.6 Å². The van der Waals surface area contributed by atoms with E-state index in [1.807, 2.05) is 0 Å². The van der Waals surface area contributed by atoms with E-state index in [4.69, 9.17) is 14.5 Å². The minimum absolute atomic E-state index is 0.145. The van der Waals surface area contributed by atoms with Crippen LogP contribution >= 0.6 is 7.82 Å². The second kappa shape index (κ2) is 6.77. The number of benzene rings is 1. The third-order valence-corrected chi connectivity index (χ3v) is 3.19. The fourth-order valence-electron chi connectivity index (χ4n) is 1.32. The van der Waals surface area contributed by atoms with Gasteiger partial charge in [0.1, 0.15) is 5.75 Å². The van der Waals surface area contributed by atoms with Crippen LogP contribution in [0.3, 0.4) is 0 Å². The van der Waals surface area contributed by atoms with Gasteiger partial charge in [0.15, 0.2) is 0 Å². The maximum absolute atomic E-state index is 11.1. The highest BCUT2D eigenvalue weighted by Gasteiger charge is 2.18. The molecular weight excluding hydrogens is 243 g/mol. The van der Waals surface area contributed by atoms with E-state index in [0.717, 1.165) is 5.56 Å². The summed E-state index contributed by atoms with van der Waals surface area (Å²) in [5.74, 6) is 0.223. The van der Waals surface area contributed by atoms with Gasteiger partial charge < -0.3 is 10.00 Å². The maximum atomic E-state index is 11.1. The van der Waals surface area contributed by atoms with Gasteiger partial charge in [-0.05, 0) is 37.5 Å². The molecule has 0 saturated heterocycles. The van der Waals surface area contributed by atoms with Crippen molar-refractivity contribution in [1.82, 2.24) is 0 Å². The zero-order chi connectivity index (χ0) is 12.7. The van der Waals surface area contributed by atoms with Crippen LogP contribution in [-0.2, 0) is 20.0 Å². The molecule has 2 N–H and O–H groups in total. The summed E-state index contributed by atoms with van der Waals surface area (Å²) in [6, 6.07) is 6.81. The molecule has 0 heterocycles. The lowest BCUT2D eigenvalue weighted by Gasteiger charge is -2.10. The quantitative estimate of drug-likeness (QED) is 0.581. The van der Waals surface area contributed by atoms with Crippen LogP contribution in [-0.4, -0.2) is 23.2 Å². The number of phenols is 1. The van der Waals surface area contributed by atoms with Crippen LogP contribution in [0.2, 0.25) is 0 Å². The molecule has 0 spiro atoms. The lowest BCUT2D eigenvalue weighted by molar-refractivity contribution is 0.154. The van der Waals surface area contributed by atoms with Gasteiger partial charge in [-0.1, -0.05) is 12.1 Å². The zero-order valence-corrected chi connectivity index (χ0v) is 10.6. The van der Waals surface area contributed by atoms with Gasteiger partial charge in [0.2, 0.25) is 0 Å². The first kappa shape index (κ1) is 14.2. The van der Waals surface area contributed by atoms with Crippen LogP contribution in [0.4, 0.5) is 0 Å². The highest BCUT2D eigenvalue weighted by Crippen LogP contribution is 2.42. The molecule has 1 unspecified atom stereocenters. The largest absolute Gasteiger partial charge is 0.508 e. The number of phosphoric ester groups is 1. The number of hydrogen-bond acceptors (Lipinski definition) is 4. The second-order valence-electron chi connectivity index (χ2n) is 3.49. The SMILES string of the molecule is CCOP(=O)(O)OCCCc1ccc(O)cc1. The summed E-state index contributed by atoms with van der Waals surface area (Å²) >= 11 is 0. The van der Waals surface area contributed by atoms with Gasteiger partial charge in [-0.3, -0.25) is 9.05 Å². The number of rotatable bonds is 7. The Morgan fingerprint density at radius 3 is 2.47 bits per heavy atom. The van der Waals surface area contributed by atoms with Crippen LogP contribution in [0.15, 0.2) is 24.3 Å². The van der Waals surface area contributed by atoms with Crippen molar-refractivity contribution in [2.24, 2.45) is 0 Å². The fourth-order valence-corrected chi connectivity index (χ4v) is 2.08. The average Bonchev–Trinajstić information content (AvgIpc) is 2.27. The number of hydrogen-bond donors (Lipinski definition) is 2. The molecule has 1 atom stereocenters. The Labute approximate surface area is 101 Å². The molecular formula is C11H17O5P. The molecule has 0 radical (unpaired) electrons. The van der Waals surface area contributed by atoms with E-state index in [1.54, 1.807) is 31.2 Å². The van der Waals surface area contributed by atoms with Crippen LogP contribution in [0.5, 0.6) is 5.75 Å². The summed E-state index contributed by atoms with van der Waals surface area (Å²) < 4.78 is 20.5. The smallest absolute Gasteiger partial charge is 0.472 e. The summed E-state index contributed by atoms with van der Waals surface area (Å²) in [4.78, 5) is 9.13. The van der Waals surface area contributed by atoms with E-state index in [0.29, 0.717) is 12.8 Å². The Morgan fingerprint density at radius 2 is 1.88 bits per heavy atom. The van der Waals surface area contributed by atoms with E-state index in [-0.39, 0.29) is 19.0 Å². The van der Waals surface area contributed by atoms with E-state index in [1.165, 1.54) is 0 Å². The molecule has 96 valence electrons. The van der Waals surface area contributed by atoms with Crippen molar-refractivity contribution >= 4 is 7.82 Å². The Balaban J connectivity index is 2.24. The molecule has 0 aromatic heterocycles. The standard InChI is InChI=1S/C11H17O5P/c1-2-15-17(13,14)16-9-3-4-10-5-7-11(12)8-6-10/h5-8,12H,2-4,9H2,1H3,(H,13,14). The Kier molecular flexibility index (Phi) is 5.65. The van der Waals surface area contributed by atoms with Crippen LogP contribution in [0, 0.1) is 0 Å². The van der Waals surface area contributed by atoms with E-state index in [9.17, 15) is 4.57 Å². The Bertz CT molecular complexity index is 376. The van der Waals surface area contributed by atoms with Crippen molar-refractivity contribution in [3.63, 3.8) is 0 Å². The van der Waals surface area contributed by atoms with Crippen molar-refractivity contribution in [3.05, 3.63) is 29.8 Å². The van der Waals surface area contributed by atoms with Crippen LogP contribution in [0.1, 0.15) is 18.9 Å². The molecule has 1 aromatic carbocycles. The molecule has 1 aromatic rings. The molecule has 0 saturated carbocycles. The molecule has 17 heavy (non-hydrogen) atoms. The minimum atomic E-state index is -3.86. The fraction of sp³-hybridized carbons (Fsp3) is 0.455. The van der Waals surface area contributed by atoms with Crippen LogP contribution < -0.4 is 0 Å². The minimum Gasteiger partial charge on any atom is -0.508 e. The molecule has 6 heteroatoms. The molecule has 5 nitrogen and oxygen atoms in total. The first-order chi connectivity index (χ1) is 8.03. The Hall–Kier alpha value is -0.870. The van der Waals surface area contributed by atoms with E-state index < -0.39 is 7.82 Å². The summed E-state index contributed by atoms with van der Waals surface area (Å²) in [5.41, 5.74) is 1.04. The van der Waals surface area contributed by atoms with Crippen molar-refractivity contribution in [1.29, 1.82) is 0 Å². The first-order valence-electron chi connectivity index (χ1n) is 5.43. The van der Waals surface area contributed by atoms with Crippen molar-refractivity contribution in [2.45, 2.75) is 19.8 Å². The lowest BCUT2D eigenvalue weighted by Crippen LogP contribution is -1.98. The van der Waals surface area contributed by atoms with Gasteiger partial charge in [0, 0.05) is 0 Å². The van der Waals surface area contributed by atoms with Gasteiger partial charge >= 0.3 is 7.82 Å². The van der Waals surface area contributed by atoms with Crippen molar-refractivity contribution in [3.8, 4) is 5.75 Å². The maximum Gasteiger partial charge on any atom is 0.472 e. The lowest BCUT2D eigenvalue weighted by atomic mass is 10.1. The highest BCUT2D eigenvalue weighted by atomic mass is 31.2. The number of phenolic OH excluding ortho intramolecular Hbond substituents is 1. The third kappa shape index (κ3) is 5.84. The van der Waals surface area contributed by atoms with Gasteiger partial charge in [-0.25, -0.2) is 4.57 Å². The normalized spacial score (nSPS) is 14.5. The third-order valence-electron chi connectivity index (χ3n) is 2.09. The second-order valence-corrected chi connectivity index (χ2v) is 4.94. The topological polar surface area (TPSA) is 76.0 Å². The first-order valence-corrected chi connectivity index (χ1v) is 6.93. The van der Waals surface area contributed by atoms with Crippen molar-refractivity contribution in [2.75, 3.05) is 13.2 Å². The molecule has 0 amide bonds. The number of aromatic hydroxyl groups is 1. The molecule has 0 fully saturated rings. The Morgan fingerprint density at radius 1 is 1.24 bits per heavy atom. The van der Waals surface area contributed by atoms with Crippen LogP contribution in [0.25, 0.3) is 0 Å². The van der Waals surface area contributed by atoms with Gasteiger partial charge in [0.05, 0.1) is 13.2 Å². The van der Waals surface area contributed by atoms with Gasteiger partial charge in [-0.15, -0.1) is 0 Å². The van der Waals surface area contributed by atoms with Gasteiger partial charge in [0.25, 0.3) is 0 Å². The molecule has 0 bridgehead atoms. The predicted molar refractivity (Wildman–Crippen MR) is 63.8 cm³/mol. The summed E-state index contributed by atoms with van der Waals surface area (Å²) in [6.07, 6.45) is 1.33. The van der Waals surface area contributed by atoms with Gasteiger partial charge in [-0.2, -0.15) is 0 Å². The summed E-state index contributed by atoms with van der Waals surface area (Å²) in [6.45, 7) is 1.93. The highest BCUT2D eigenvalue weighted by molar-refractivity contribution is 7.47. The number of aryl methyl sites for hydroxylation is 1.